The third kappa shape index (κ3) is 4.25. The van der Waals surface area contributed by atoms with Crippen LogP contribution < -0.4 is 5.32 Å². The fourth-order valence-electron chi connectivity index (χ4n) is 4.21. The molecule has 0 bridgehead atoms. The number of morpholine rings is 1. The van der Waals surface area contributed by atoms with E-state index >= 15 is 8.78 Å². The van der Waals surface area contributed by atoms with Crippen LogP contribution in [0.2, 0.25) is 0 Å². The van der Waals surface area contributed by atoms with E-state index in [1.54, 1.807) is 28.5 Å². The van der Waals surface area contributed by atoms with Crippen LogP contribution in [0.25, 0.3) is 16.9 Å². The highest BCUT2D eigenvalue weighted by molar-refractivity contribution is 5.95. The van der Waals surface area contributed by atoms with E-state index in [0.717, 1.165) is 5.56 Å². The highest BCUT2D eigenvalue weighted by Gasteiger charge is 2.30. The van der Waals surface area contributed by atoms with E-state index in [4.69, 9.17) is 4.74 Å². The summed E-state index contributed by atoms with van der Waals surface area (Å²) >= 11 is 0. The number of halogens is 3. The summed E-state index contributed by atoms with van der Waals surface area (Å²) in [6, 6.07) is 4.23. The second-order valence-electron chi connectivity index (χ2n) is 8.22. The summed E-state index contributed by atoms with van der Waals surface area (Å²) in [5.74, 6) is -5.00. The van der Waals surface area contributed by atoms with Crippen molar-refractivity contribution in [2.45, 2.75) is 32.8 Å². The molecule has 0 radical (unpaired) electrons. The van der Waals surface area contributed by atoms with E-state index < -0.39 is 40.6 Å². The van der Waals surface area contributed by atoms with Crippen molar-refractivity contribution in [2.24, 2.45) is 0 Å². The monoisotopic (exact) mass is 474 g/mol. The summed E-state index contributed by atoms with van der Waals surface area (Å²) in [4.78, 5) is 30.1. The lowest BCUT2D eigenvalue weighted by molar-refractivity contribution is -0.138. The van der Waals surface area contributed by atoms with Crippen molar-refractivity contribution in [3.05, 3.63) is 58.7 Å². The maximum Gasteiger partial charge on any atom is 0.254 e. The lowest BCUT2D eigenvalue weighted by Crippen LogP contribution is -2.46. The zero-order valence-corrected chi connectivity index (χ0v) is 19.1. The molecular formula is C24H25F3N4O3. The number of pyridine rings is 1. The Balaban J connectivity index is 1.83. The number of fused-ring (bicyclic) bond motifs is 1. The first-order chi connectivity index (χ1) is 16.2. The van der Waals surface area contributed by atoms with Gasteiger partial charge in [0.15, 0.2) is 11.6 Å². The van der Waals surface area contributed by atoms with Gasteiger partial charge in [0.1, 0.15) is 11.5 Å². The van der Waals surface area contributed by atoms with Crippen LogP contribution in [-0.4, -0.2) is 58.9 Å². The molecule has 4 rings (SSSR count). The number of rotatable bonds is 5. The number of nitrogens with zero attached hydrogens (tertiary/aromatic N) is 3. The van der Waals surface area contributed by atoms with E-state index in [1.165, 1.54) is 7.05 Å². The molecule has 0 aliphatic carbocycles. The Kier molecular flexibility index (Phi) is 6.60. The minimum Gasteiger partial charge on any atom is -0.374 e. The van der Waals surface area contributed by atoms with Crippen molar-refractivity contribution in [1.29, 1.82) is 0 Å². The molecule has 0 spiro atoms. The first kappa shape index (κ1) is 23.7. The molecular weight excluding hydrogens is 449 g/mol. The predicted molar refractivity (Wildman–Crippen MR) is 119 cm³/mol. The van der Waals surface area contributed by atoms with Crippen LogP contribution in [0, 0.1) is 24.4 Å². The number of ether oxygens (including phenoxy) is 1. The Morgan fingerprint density at radius 3 is 2.71 bits per heavy atom. The van der Waals surface area contributed by atoms with E-state index in [9.17, 15) is 14.0 Å². The zero-order valence-electron chi connectivity index (χ0n) is 19.1. The summed E-state index contributed by atoms with van der Waals surface area (Å²) in [5.41, 5.74) is 0.259. The Bertz CT molecular complexity index is 1270. The van der Waals surface area contributed by atoms with Crippen molar-refractivity contribution in [3.63, 3.8) is 0 Å². The number of aromatic nitrogens is 2. The van der Waals surface area contributed by atoms with E-state index in [-0.39, 0.29) is 18.0 Å². The Labute approximate surface area is 194 Å². The molecule has 3 aromatic rings. The summed E-state index contributed by atoms with van der Waals surface area (Å²) < 4.78 is 52.6. The predicted octanol–water partition coefficient (Wildman–Crippen LogP) is 3.27. The Morgan fingerprint density at radius 2 is 2.00 bits per heavy atom. The molecule has 180 valence electrons. The molecule has 1 saturated heterocycles. The Hall–Kier alpha value is -3.40. The van der Waals surface area contributed by atoms with E-state index in [2.05, 4.69) is 10.3 Å². The fraction of sp³-hybridized carbons (Fsp3) is 0.375. The molecule has 1 fully saturated rings. The number of benzene rings is 1. The molecule has 1 atom stereocenters. The highest BCUT2D eigenvalue weighted by atomic mass is 19.2. The van der Waals surface area contributed by atoms with Crippen molar-refractivity contribution in [2.75, 3.05) is 26.7 Å². The molecule has 34 heavy (non-hydrogen) atoms. The summed E-state index contributed by atoms with van der Waals surface area (Å²) in [6.45, 7) is 4.75. The van der Waals surface area contributed by atoms with Crippen molar-refractivity contribution in [3.8, 4) is 11.3 Å². The van der Waals surface area contributed by atoms with Gasteiger partial charge >= 0.3 is 0 Å². The lowest BCUT2D eigenvalue weighted by atomic mass is 10.0. The lowest BCUT2D eigenvalue weighted by Gasteiger charge is -2.33. The maximum absolute atomic E-state index is 15.2. The van der Waals surface area contributed by atoms with E-state index in [1.807, 2.05) is 13.0 Å². The largest absolute Gasteiger partial charge is 0.374 e. The summed E-state index contributed by atoms with van der Waals surface area (Å²) in [6.07, 6.45) is 1.83. The van der Waals surface area contributed by atoms with Gasteiger partial charge in [-0.15, -0.1) is 0 Å². The van der Waals surface area contributed by atoms with Gasteiger partial charge in [-0.1, -0.05) is 6.92 Å². The van der Waals surface area contributed by atoms with Gasteiger partial charge in [-0.3, -0.25) is 9.59 Å². The average molecular weight is 474 g/mol. The third-order valence-corrected chi connectivity index (χ3v) is 5.96. The molecule has 0 saturated carbocycles. The average Bonchev–Trinajstić information content (AvgIpc) is 3.17. The van der Waals surface area contributed by atoms with Crippen LogP contribution in [0.15, 0.2) is 24.4 Å². The topological polar surface area (TPSA) is 75.9 Å². The number of imidazole rings is 1. The second kappa shape index (κ2) is 9.46. The number of hydrogen-bond donors (Lipinski definition) is 1. The molecule has 1 aliphatic rings. The zero-order chi connectivity index (χ0) is 24.6. The van der Waals surface area contributed by atoms with E-state index in [0.29, 0.717) is 43.5 Å². The molecule has 2 aromatic heterocycles. The highest BCUT2D eigenvalue weighted by Crippen LogP contribution is 2.33. The maximum atomic E-state index is 15.2. The smallest absolute Gasteiger partial charge is 0.254 e. The van der Waals surface area contributed by atoms with Gasteiger partial charge in [-0.05, 0) is 30.7 Å². The first-order valence-electron chi connectivity index (χ1n) is 11.0. The van der Waals surface area contributed by atoms with Crippen LogP contribution in [0.5, 0.6) is 0 Å². The number of hydrogen-bond acceptors (Lipinski definition) is 4. The molecule has 2 amide bonds. The van der Waals surface area contributed by atoms with Crippen LogP contribution >= 0.6 is 0 Å². The van der Waals surface area contributed by atoms with Gasteiger partial charge in [-0.25, -0.2) is 18.2 Å². The van der Waals surface area contributed by atoms with Gasteiger partial charge in [-0.2, -0.15) is 0 Å². The minimum absolute atomic E-state index is 0.00811. The van der Waals surface area contributed by atoms with Gasteiger partial charge < -0.3 is 19.4 Å². The molecule has 0 unspecified atom stereocenters. The normalized spacial score (nSPS) is 16.2. The SMILES string of the molecule is CCC(=O)N1CCO[C@@H](Cc2c(-c3c(F)cc(C(=O)NC)c(F)c3F)nc3cc(C)ccn23)C1. The third-order valence-electron chi connectivity index (χ3n) is 5.96. The molecule has 1 N–H and O–H groups in total. The first-order valence-corrected chi connectivity index (χ1v) is 11.0. The Morgan fingerprint density at radius 1 is 1.24 bits per heavy atom. The van der Waals surface area contributed by atoms with Crippen molar-refractivity contribution >= 4 is 17.5 Å². The number of carbonyl (C=O) groups is 2. The van der Waals surface area contributed by atoms with Crippen LogP contribution in [0.4, 0.5) is 13.2 Å². The molecule has 1 aromatic carbocycles. The van der Waals surface area contributed by atoms with Crippen molar-refractivity contribution in [1.82, 2.24) is 19.6 Å². The number of carbonyl (C=O) groups excluding carboxylic acids is 2. The summed E-state index contributed by atoms with van der Waals surface area (Å²) in [5, 5.41) is 2.17. The van der Waals surface area contributed by atoms with Crippen LogP contribution in [-0.2, 0) is 16.0 Å². The molecule has 10 heteroatoms. The fourth-order valence-corrected chi connectivity index (χ4v) is 4.21. The van der Waals surface area contributed by atoms with Gasteiger partial charge in [0.05, 0.1) is 35.2 Å². The molecule has 1 aliphatic heterocycles. The molecule has 3 heterocycles. The number of aryl methyl sites for hydroxylation is 1. The van der Waals surface area contributed by atoms with Crippen molar-refractivity contribution < 1.29 is 27.5 Å². The minimum atomic E-state index is -1.49. The van der Waals surface area contributed by atoms with Gasteiger partial charge in [0.2, 0.25) is 5.91 Å². The summed E-state index contributed by atoms with van der Waals surface area (Å²) in [7, 11) is 1.24. The second-order valence-corrected chi connectivity index (χ2v) is 8.22. The molecule has 7 nitrogen and oxygen atoms in total. The number of amides is 2. The number of nitrogens with one attached hydrogen (secondary N) is 1. The van der Waals surface area contributed by atoms with Crippen LogP contribution in [0.1, 0.15) is 35.0 Å². The standard InChI is InChI=1S/C24H25F3N4O3/c1-4-19(32)30-7-8-34-14(12-30)10-17-23(29-18-9-13(2)5-6-31(17)18)20-16(25)11-15(24(33)28-3)21(26)22(20)27/h5-6,9,11,14H,4,7-8,10,12H2,1-3H3,(H,28,33)/t14-/m0/s1. The van der Waals surface area contributed by atoms with Gasteiger partial charge in [0.25, 0.3) is 5.91 Å². The van der Waals surface area contributed by atoms with Crippen LogP contribution in [0.3, 0.4) is 0 Å². The van der Waals surface area contributed by atoms with Gasteiger partial charge in [0, 0.05) is 39.2 Å². The quantitative estimate of drug-likeness (QED) is 0.576.